The van der Waals surface area contributed by atoms with Crippen LogP contribution >= 0.6 is 0 Å². The van der Waals surface area contributed by atoms with E-state index in [4.69, 9.17) is 0 Å². The maximum atomic E-state index is 4.52. The van der Waals surface area contributed by atoms with Crippen molar-refractivity contribution in [1.29, 1.82) is 0 Å². The van der Waals surface area contributed by atoms with Crippen LogP contribution in [0.5, 0.6) is 0 Å². The minimum absolute atomic E-state index is 0.0881. The smallest absolute Gasteiger partial charge is 0.212 e. The van der Waals surface area contributed by atoms with Gasteiger partial charge < -0.3 is 5.32 Å². The molecule has 1 heterocycles. The van der Waals surface area contributed by atoms with Crippen molar-refractivity contribution in [2.45, 2.75) is 44.2 Å². The molecule has 4 aromatic rings. The van der Waals surface area contributed by atoms with Crippen molar-refractivity contribution >= 4 is 11.3 Å². The highest BCUT2D eigenvalue weighted by Crippen LogP contribution is 2.29. The molecule has 1 aliphatic carbocycles. The van der Waals surface area contributed by atoms with Gasteiger partial charge in [-0.25, -0.2) is 0 Å². The number of hydrogen-bond acceptors (Lipinski definition) is 1. The van der Waals surface area contributed by atoms with Gasteiger partial charge in [0, 0.05) is 36.2 Å². The quantitative estimate of drug-likeness (QED) is 0.212. The van der Waals surface area contributed by atoms with Gasteiger partial charge in [-0.05, 0) is 54.2 Å². The Morgan fingerprint density at radius 2 is 1.42 bits per heavy atom. The number of nitrogens with zero attached hydrogens (tertiary/aromatic N) is 1. The van der Waals surface area contributed by atoms with Gasteiger partial charge >= 0.3 is 0 Å². The van der Waals surface area contributed by atoms with E-state index in [1.165, 1.54) is 42.5 Å². The van der Waals surface area contributed by atoms with Crippen molar-refractivity contribution in [3.8, 4) is 0 Å². The molecule has 1 aliphatic rings. The first-order chi connectivity index (χ1) is 17.8. The summed E-state index contributed by atoms with van der Waals surface area (Å²) in [6, 6.07) is 37.0. The third kappa shape index (κ3) is 5.66. The topological polar surface area (TPSA) is 15.9 Å². The molecule has 0 aliphatic heterocycles. The second-order valence-electron chi connectivity index (χ2n) is 9.59. The lowest BCUT2D eigenvalue weighted by molar-refractivity contribution is -0.725. The van der Waals surface area contributed by atoms with E-state index >= 15 is 0 Å². The minimum Gasteiger partial charge on any atom is -0.374 e. The lowest BCUT2D eigenvalue weighted by Gasteiger charge is -2.21. The van der Waals surface area contributed by atoms with Crippen molar-refractivity contribution in [2.75, 3.05) is 5.32 Å². The molecule has 0 bridgehead atoms. The Morgan fingerprint density at radius 3 is 2.11 bits per heavy atom. The number of nitrogens with one attached hydrogen (secondary N) is 1. The fourth-order valence-corrected chi connectivity index (χ4v) is 5.15. The van der Waals surface area contributed by atoms with E-state index in [2.05, 4.69) is 138 Å². The Kier molecular flexibility index (Phi) is 7.73. The SMILES string of the molecule is C=C(c1ccc(NC(c2ccccc2)c2ccccc2)cc1)c1cccc[n+]1C1C/C=C/CCCC1. The Labute approximate surface area is 215 Å². The van der Waals surface area contributed by atoms with Crippen LogP contribution in [0.4, 0.5) is 5.69 Å². The summed E-state index contributed by atoms with van der Waals surface area (Å²) in [5.74, 6) is 0. The van der Waals surface area contributed by atoms with Gasteiger partial charge in [0.25, 0.3) is 0 Å². The van der Waals surface area contributed by atoms with Gasteiger partial charge in [-0.1, -0.05) is 91.5 Å². The van der Waals surface area contributed by atoms with E-state index in [0.717, 1.165) is 23.2 Å². The van der Waals surface area contributed by atoms with Crippen LogP contribution in [0.2, 0.25) is 0 Å². The molecule has 1 N–H and O–H groups in total. The number of pyridine rings is 1. The molecule has 0 amide bonds. The Balaban J connectivity index is 1.38. The molecule has 1 atom stereocenters. The minimum atomic E-state index is 0.0881. The van der Waals surface area contributed by atoms with Crippen molar-refractivity contribution in [3.05, 3.63) is 150 Å². The van der Waals surface area contributed by atoms with Gasteiger partial charge in [-0.15, -0.1) is 0 Å². The predicted molar refractivity (Wildman–Crippen MR) is 151 cm³/mol. The molecule has 0 spiro atoms. The van der Waals surface area contributed by atoms with E-state index in [1.54, 1.807) is 0 Å². The third-order valence-electron chi connectivity index (χ3n) is 7.14. The zero-order valence-electron chi connectivity index (χ0n) is 20.9. The molecular formula is C34H35N2+. The Morgan fingerprint density at radius 1 is 0.750 bits per heavy atom. The summed E-state index contributed by atoms with van der Waals surface area (Å²) >= 11 is 0. The number of anilines is 1. The molecule has 180 valence electrons. The molecule has 0 radical (unpaired) electrons. The summed E-state index contributed by atoms with van der Waals surface area (Å²) in [7, 11) is 0. The summed E-state index contributed by atoms with van der Waals surface area (Å²) in [5, 5.41) is 3.75. The highest BCUT2D eigenvalue weighted by Gasteiger charge is 2.24. The summed E-state index contributed by atoms with van der Waals surface area (Å²) < 4.78 is 2.44. The van der Waals surface area contributed by atoms with Gasteiger partial charge in [0.1, 0.15) is 0 Å². The van der Waals surface area contributed by atoms with Crippen LogP contribution in [0, 0.1) is 0 Å². The summed E-state index contributed by atoms with van der Waals surface area (Å²) in [4.78, 5) is 0. The third-order valence-corrected chi connectivity index (χ3v) is 7.14. The van der Waals surface area contributed by atoms with E-state index in [0.29, 0.717) is 6.04 Å². The van der Waals surface area contributed by atoms with Crippen LogP contribution in [0.1, 0.15) is 66.6 Å². The number of rotatable bonds is 7. The van der Waals surface area contributed by atoms with Gasteiger partial charge in [-0.2, -0.15) is 4.57 Å². The molecular weight excluding hydrogens is 436 g/mol. The van der Waals surface area contributed by atoms with E-state index in [9.17, 15) is 0 Å². The van der Waals surface area contributed by atoms with E-state index in [-0.39, 0.29) is 6.04 Å². The Bertz CT molecular complexity index is 1250. The van der Waals surface area contributed by atoms with Crippen molar-refractivity contribution < 1.29 is 4.57 Å². The molecule has 2 heteroatoms. The lowest BCUT2D eigenvalue weighted by atomic mass is 9.97. The van der Waals surface area contributed by atoms with Crippen molar-refractivity contribution in [3.63, 3.8) is 0 Å². The molecule has 1 unspecified atom stereocenters. The maximum absolute atomic E-state index is 4.52. The van der Waals surface area contributed by atoms with Crippen molar-refractivity contribution in [1.82, 2.24) is 0 Å². The molecule has 5 rings (SSSR count). The van der Waals surface area contributed by atoms with Crippen LogP contribution in [-0.4, -0.2) is 0 Å². The predicted octanol–water partition coefficient (Wildman–Crippen LogP) is 8.30. The largest absolute Gasteiger partial charge is 0.374 e. The second kappa shape index (κ2) is 11.7. The van der Waals surface area contributed by atoms with E-state index in [1.807, 2.05) is 0 Å². The van der Waals surface area contributed by atoms with Crippen LogP contribution in [0.25, 0.3) is 5.57 Å². The zero-order chi connectivity index (χ0) is 24.6. The first-order valence-corrected chi connectivity index (χ1v) is 13.1. The zero-order valence-corrected chi connectivity index (χ0v) is 20.9. The molecule has 3 aromatic carbocycles. The van der Waals surface area contributed by atoms with Gasteiger partial charge in [0.2, 0.25) is 5.69 Å². The fraction of sp³-hybridized carbons (Fsp3) is 0.206. The number of allylic oxidation sites excluding steroid dienone is 2. The normalized spacial score (nSPS) is 16.6. The lowest BCUT2D eigenvalue weighted by Crippen LogP contribution is -2.42. The highest BCUT2D eigenvalue weighted by atomic mass is 15.0. The average molecular weight is 472 g/mol. The summed E-state index contributed by atoms with van der Waals surface area (Å²) in [6.45, 7) is 4.52. The standard InChI is InChI=1S/C34H35N2/c1-27(33-21-13-14-26-36(33)32-19-11-3-2-4-12-20-32)28-22-24-31(25-23-28)35-34(29-15-7-5-8-16-29)30-17-9-6-10-18-30/h3,5-11,13-18,21-26,32,34-35H,1-2,4,12,19-20H2/q+1/b11-3+. The molecule has 0 saturated heterocycles. The van der Waals surface area contributed by atoms with Crippen LogP contribution < -0.4 is 9.88 Å². The van der Waals surface area contributed by atoms with Crippen LogP contribution in [0.3, 0.4) is 0 Å². The van der Waals surface area contributed by atoms with Gasteiger partial charge in [-0.3, -0.25) is 0 Å². The summed E-state index contributed by atoms with van der Waals surface area (Å²) in [5.41, 5.74) is 7.00. The monoisotopic (exact) mass is 471 g/mol. The molecule has 1 aromatic heterocycles. The first kappa shape index (κ1) is 23.8. The van der Waals surface area contributed by atoms with Crippen molar-refractivity contribution in [2.24, 2.45) is 0 Å². The maximum Gasteiger partial charge on any atom is 0.212 e. The summed E-state index contributed by atoms with van der Waals surface area (Å²) in [6.07, 6.45) is 13.0. The average Bonchev–Trinajstić information content (AvgIpc) is 2.93. The van der Waals surface area contributed by atoms with Gasteiger partial charge in [0.15, 0.2) is 12.2 Å². The fourth-order valence-electron chi connectivity index (χ4n) is 5.15. The Hall–Kier alpha value is -3.91. The highest BCUT2D eigenvalue weighted by molar-refractivity contribution is 5.75. The molecule has 0 saturated carbocycles. The van der Waals surface area contributed by atoms with Crippen LogP contribution in [0.15, 0.2) is 128 Å². The molecule has 36 heavy (non-hydrogen) atoms. The first-order valence-electron chi connectivity index (χ1n) is 13.1. The number of benzene rings is 3. The van der Waals surface area contributed by atoms with Gasteiger partial charge in [0.05, 0.1) is 6.04 Å². The number of aromatic nitrogens is 1. The molecule has 2 nitrogen and oxygen atoms in total. The second-order valence-corrected chi connectivity index (χ2v) is 9.59. The number of hydrogen-bond donors (Lipinski definition) is 1. The molecule has 0 fully saturated rings. The van der Waals surface area contributed by atoms with E-state index < -0.39 is 0 Å². The van der Waals surface area contributed by atoms with Crippen LogP contribution in [-0.2, 0) is 0 Å².